The lowest BCUT2D eigenvalue weighted by Gasteiger charge is -2.28. The van der Waals surface area contributed by atoms with Crippen molar-refractivity contribution in [3.63, 3.8) is 0 Å². The van der Waals surface area contributed by atoms with Crippen molar-refractivity contribution < 1.29 is 0 Å². The summed E-state index contributed by atoms with van der Waals surface area (Å²) in [6.45, 7) is 13.8. The van der Waals surface area contributed by atoms with Crippen LogP contribution in [0.5, 0.6) is 0 Å². The molecule has 0 bridgehead atoms. The van der Waals surface area contributed by atoms with Gasteiger partial charge in [0.05, 0.1) is 0 Å². The minimum Gasteiger partial charge on any atom is -0.357 e. The lowest BCUT2D eigenvalue weighted by Crippen LogP contribution is -2.38. The Morgan fingerprint density at radius 3 is 1.62 bits per heavy atom. The second-order valence-corrected chi connectivity index (χ2v) is 4.29. The summed E-state index contributed by atoms with van der Waals surface area (Å²) in [7, 11) is 0. The molecule has 0 aliphatic rings. The van der Waals surface area contributed by atoms with Crippen molar-refractivity contribution in [3.05, 3.63) is 0 Å². The molecule has 2 N–H and O–H groups in total. The lowest BCUT2D eigenvalue weighted by molar-refractivity contribution is 0.263. The van der Waals surface area contributed by atoms with Crippen LogP contribution in [-0.4, -0.2) is 25.6 Å². The Bertz CT molecular complexity index is 179. The topological polar surface area (TPSA) is 36.4 Å². The van der Waals surface area contributed by atoms with Crippen LogP contribution < -0.4 is 10.6 Å². The average molecular weight is 227 g/mol. The first-order valence-corrected chi connectivity index (χ1v) is 6.70. The second-order valence-electron chi connectivity index (χ2n) is 4.29. The molecule has 0 rings (SSSR count). The third-order valence-electron chi connectivity index (χ3n) is 3.51. The molecular weight excluding hydrogens is 198 g/mol. The summed E-state index contributed by atoms with van der Waals surface area (Å²) in [6, 6.07) is 0. The van der Waals surface area contributed by atoms with Gasteiger partial charge in [0.2, 0.25) is 0 Å². The Morgan fingerprint density at radius 2 is 1.31 bits per heavy atom. The molecule has 0 fully saturated rings. The predicted molar refractivity (Wildman–Crippen MR) is 73.0 cm³/mol. The second kappa shape index (κ2) is 8.43. The highest BCUT2D eigenvalue weighted by atomic mass is 15.2. The number of guanidine groups is 1. The van der Waals surface area contributed by atoms with Gasteiger partial charge in [-0.05, 0) is 38.5 Å². The smallest absolute Gasteiger partial charge is 0.191 e. The molecule has 96 valence electrons. The summed E-state index contributed by atoms with van der Waals surface area (Å²) in [5.41, 5.74) is 0.385. The molecule has 0 aromatic carbocycles. The zero-order valence-electron chi connectivity index (χ0n) is 11.7. The molecule has 16 heavy (non-hydrogen) atoms. The van der Waals surface area contributed by atoms with Crippen molar-refractivity contribution in [1.29, 1.82) is 0 Å². The molecule has 3 heteroatoms. The summed E-state index contributed by atoms with van der Waals surface area (Å²) < 4.78 is 0. The largest absolute Gasteiger partial charge is 0.357 e. The van der Waals surface area contributed by atoms with Gasteiger partial charge in [-0.3, -0.25) is 4.99 Å². The van der Waals surface area contributed by atoms with Gasteiger partial charge in [0.15, 0.2) is 5.96 Å². The third kappa shape index (κ3) is 4.86. The fourth-order valence-electron chi connectivity index (χ4n) is 1.84. The SMILES string of the molecule is CCNC(=NCC(CC)(CC)CC)NCC. The van der Waals surface area contributed by atoms with Gasteiger partial charge < -0.3 is 10.6 Å². The number of rotatable bonds is 7. The fourth-order valence-corrected chi connectivity index (χ4v) is 1.84. The molecule has 3 nitrogen and oxygen atoms in total. The first kappa shape index (κ1) is 15.3. The minimum absolute atomic E-state index is 0.385. The van der Waals surface area contributed by atoms with Gasteiger partial charge in [-0.1, -0.05) is 20.8 Å². The third-order valence-corrected chi connectivity index (χ3v) is 3.51. The highest BCUT2D eigenvalue weighted by Crippen LogP contribution is 2.30. The molecular formula is C13H29N3. The zero-order valence-corrected chi connectivity index (χ0v) is 11.7. The summed E-state index contributed by atoms with van der Waals surface area (Å²) in [4.78, 5) is 4.68. The summed E-state index contributed by atoms with van der Waals surface area (Å²) in [5, 5.41) is 6.53. The molecule has 0 radical (unpaired) electrons. The van der Waals surface area contributed by atoms with Gasteiger partial charge in [0, 0.05) is 19.6 Å². The van der Waals surface area contributed by atoms with Crippen LogP contribution in [-0.2, 0) is 0 Å². The van der Waals surface area contributed by atoms with E-state index in [4.69, 9.17) is 0 Å². The normalized spacial score (nSPS) is 11.1. The van der Waals surface area contributed by atoms with Gasteiger partial charge in [-0.2, -0.15) is 0 Å². The highest BCUT2D eigenvalue weighted by molar-refractivity contribution is 5.79. The van der Waals surface area contributed by atoms with Gasteiger partial charge in [-0.15, -0.1) is 0 Å². The quantitative estimate of drug-likeness (QED) is 0.518. The number of hydrogen-bond donors (Lipinski definition) is 2. The van der Waals surface area contributed by atoms with Crippen molar-refractivity contribution in [2.45, 2.75) is 53.9 Å². The molecule has 0 heterocycles. The van der Waals surface area contributed by atoms with Crippen molar-refractivity contribution in [2.24, 2.45) is 10.4 Å². The van der Waals surface area contributed by atoms with Crippen LogP contribution in [0.4, 0.5) is 0 Å². The number of hydrogen-bond acceptors (Lipinski definition) is 1. The van der Waals surface area contributed by atoms with Crippen LogP contribution >= 0.6 is 0 Å². The van der Waals surface area contributed by atoms with Crippen molar-refractivity contribution in [2.75, 3.05) is 19.6 Å². The van der Waals surface area contributed by atoms with E-state index in [0.717, 1.165) is 25.6 Å². The molecule has 0 unspecified atom stereocenters. The maximum Gasteiger partial charge on any atom is 0.191 e. The Hall–Kier alpha value is -0.730. The molecule has 0 aromatic rings. The predicted octanol–water partition coefficient (Wildman–Crippen LogP) is 2.78. The fraction of sp³-hybridized carbons (Fsp3) is 0.923. The molecule has 0 aliphatic carbocycles. The van der Waals surface area contributed by atoms with E-state index in [1.165, 1.54) is 19.3 Å². The molecule has 0 atom stereocenters. The van der Waals surface area contributed by atoms with Gasteiger partial charge in [0.25, 0.3) is 0 Å². The first-order chi connectivity index (χ1) is 7.67. The molecule has 0 spiro atoms. The van der Waals surface area contributed by atoms with E-state index >= 15 is 0 Å². The van der Waals surface area contributed by atoms with E-state index < -0.39 is 0 Å². The minimum atomic E-state index is 0.385. The Morgan fingerprint density at radius 1 is 0.875 bits per heavy atom. The van der Waals surface area contributed by atoms with Crippen LogP contribution in [0, 0.1) is 5.41 Å². The van der Waals surface area contributed by atoms with E-state index in [0.29, 0.717) is 5.41 Å². The zero-order chi connectivity index (χ0) is 12.4. The summed E-state index contributed by atoms with van der Waals surface area (Å²) in [6.07, 6.45) is 3.61. The van der Waals surface area contributed by atoms with Gasteiger partial charge in [0.1, 0.15) is 0 Å². The van der Waals surface area contributed by atoms with E-state index in [1.54, 1.807) is 0 Å². The van der Waals surface area contributed by atoms with Crippen LogP contribution in [0.25, 0.3) is 0 Å². The maximum atomic E-state index is 4.68. The van der Waals surface area contributed by atoms with Crippen molar-refractivity contribution in [1.82, 2.24) is 10.6 Å². The van der Waals surface area contributed by atoms with E-state index in [2.05, 4.69) is 50.2 Å². The number of nitrogens with zero attached hydrogens (tertiary/aromatic N) is 1. The number of aliphatic imine (C=N–C) groups is 1. The molecule has 0 amide bonds. The average Bonchev–Trinajstić information content (AvgIpc) is 2.32. The Balaban J connectivity index is 4.46. The van der Waals surface area contributed by atoms with Crippen LogP contribution in [0.3, 0.4) is 0 Å². The van der Waals surface area contributed by atoms with Crippen LogP contribution in [0.1, 0.15) is 53.9 Å². The van der Waals surface area contributed by atoms with E-state index in [-0.39, 0.29) is 0 Å². The van der Waals surface area contributed by atoms with Crippen LogP contribution in [0.2, 0.25) is 0 Å². The maximum absolute atomic E-state index is 4.68. The Kier molecular flexibility index (Phi) is 8.04. The molecule has 0 aliphatic heterocycles. The highest BCUT2D eigenvalue weighted by Gasteiger charge is 2.23. The standard InChI is InChI=1S/C13H29N3/c1-6-13(7-2,8-3)11-16-12(14-9-4)15-10-5/h6-11H2,1-5H3,(H2,14,15,16). The monoisotopic (exact) mass is 227 g/mol. The summed E-state index contributed by atoms with van der Waals surface area (Å²) >= 11 is 0. The first-order valence-electron chi connectivity index (χ1n) is 6.70. The molecule has 0 saturated carbocycles. The number of nitrogens with one attached hydrogen (secondary N) is 2. The van der Waals surface area contributed by atoms with Gasteiger partial charge >= 0.3 is 0 Å². The van der Waals surface area contributed by atoms with Crippen LogP contribution in [0.15, 0.2) is 4.99 Å². The van der Waals surface area contributed by atoms with Gasteiger partial charge in [-0.25, -0.2) is 0 Å². The van der Waals surface area contributed by atoms with Crippen molar-refractivity contribution in [3.8, 4) is 0 Å². The Labute approximate surface area is 101 Å². The molecule has 0 saturated heterocycles. The summed E-state index contributed by atoms with van der Waals surface area (Å²) in [5.74, 6) is 0.949. The van der Waals surface area contributed by atoms with E-state index in [9.17, 15) is 0 Å². The lowest BCUT2D eigenvalue weighted by atomic mass is 9.80. The van der Waals surface area contributed by atoms with Crippen molar-refractivity contribution >= 4 is 5.96 Å². The van der Waals surface area contributed by atoms with E-state index in [1.807, 2.05) is 0 Å². The molecule has 0 aromatic heterocycles.